The molecule has 3 aliphatic carbocycles. The molecule has 0 radical (unpaired) electrons. The van der Waals surface area contributed by atoms with Gasteiger partial charge in [-0.25, -0.2) is 19.9 Å². The lowest BCUT2D eigenvalue weighted by Gasteiger charge is -2.16. The second-order valence-corrected chi connectivity index (χ2v) is 32.9. The number of aromatic nitrogens is 7. The van der Waals surface area contributed by atoms with Crippen LogP contribution < -0.4 is 0 Å². The molecule has 25 aromatic rings. The van der Waals surface area contributed by atoms with Crippen LogP contribution in [-0.2, 0) is 0 Å². The smallest absolute Gasteiger partial charge is 0.235 e. The molecule has 3 aliphatic rings. The van der Waals surface area contributed by atoms with E-state index in [4.69, 9.17) is 19.9 Å². The van der Waals surface area contributed by atoms with Gasteiger partial charge in [0, 0.05) is 54.5 Å². The van der Waals surface area contributed by atoms with Gasteiger partial charge in [0.2, 0.25) is 5.95 Å². The summed E-state index contributed by atoms with van der Waals surface area (Å²) >= 11 is 0. The van der Waals surface area contributed by atoms with Crippen LogP contribution in [0.2, 0.25) is 0 Å². The van der Waals surface area contributed by atoms with Gasteiger partial charge in [0.1, 0.15) is 5.69 Å². The van der Waals surface area contributed by atoms with Crippen LogP contribution in [0, 0.1) is 0 Å². The molecule has 7 nitrogen and oxygen atoms in total. The van der Waals surface area contributed by atoms with Crippen molar-refractivity contribution < 1.29 is 0 Å². The molecule has 7 heteroatoms. The Labute approximate surface area is 719 Å². The minimum atomic E-state index is 0.675. The summed E-state index contributed by atoms with van der Waals surface area (Å²) < 4.78 is 7.11. The predicted octanol–water partition coefficient (Wildman–Crippen LogP) is 31.0. The first-order chi connectivity index (χ1) is 62.0. The lowest BCUT2D eigenvalue weighted by Crippen LogP contribution is -2.04. The lowest BCUT2D eigenvalue weighted by molar-refractivity contribution is 1.01. The standard InChI is InChI=1S/2C42H25N3.C34H21N/c1-3-12-26(13-4-1)29-24-33-31-18-8-7-17-30(31)32-19-11-16-27-22-23-36-40(38(27)32)39(33)37(25-29)45(36)42-41(28-14-5-2-6-15-28)43-34-20-9-10-21-35(34)44-42;1-3-12-26(13-4-1)29-24-34-31-18-8-7-17-30(31)32-20-11-16-27-22-23-36-40(38(27)32)39(34)37(25-29)45(36)42-43-35-21-10-9-19-33(35)41(44-42)28-14-5-2-6-15-28;1-3-10-22(11-4-1)24-20-29-27-16-8-7-15-26(27)28-17-9-12-23-18-19-30-34(32(23)28)33(29)31(21-24)35(30)25-13-5-2-6-14-25/h2*1-25H;1-21H. The Morgan fingerprint density at radius 3 is 0.912 bits per heavy atom. The fourth-order valence-electron chi connectivity index (χ4n) is 20.8. The van der Waals surface area contributed by atoms with E-state index in [9.17, 15) is 0 Å². The third-order valence-corrected chi connectivity index (χ3v) is 26.1. The van der Waals surface area contributed by atoms with Crippen molar-refractivity contribution in [1.29, 1.82) is 0 Å². The Kier molecular flexibility index (Phi) is 15.7. The molecule has 0 amide bonds. The zero-order valence-electron chi connectivity index (χ0n) is 67.6. The van der Waals surface area contributed by atoms with Gasteiger partial charge in [-0.1, -0.05) is 346 Å². The number of nitrogens with zero attached hydrogens (tertiary/aromatic N) is 7. The molecule has 5 aromatic heterocycles. The summed E-state index contributed by atoms with van der Waals surface area (Å²) in [5, 5.41) is 16.4. The second-order valence-electron chi connectivity index (χ2n) is 32.9. The van der Waals surface area contributed by atoms with Crippen molar-refractivity contribution in [2.24, 2.45) is 0 Å². The molecule has 20 aromatic carbocycles. The van der Waals surface area contributed by atoms with Crippen LogP contribution in [0.4, 0.5) is 0 Å². The van der Waals surface area contributed by atoms with E-state index in [1.54, 1.807) is 0 Å². The van der Waals surface area contributed by atoms with Gasteiger partial charge in [0.25, 0.3) is 0 Å². The maximum atomic E-state index is 5.39. The summed E-state index contributed by atoms with van der Waals surface area (Å²) in [6, 6.07) is 155. The van der Waals surface area contributed by atoms with Gasteiger partial charge in [0.15, 0.2) is 5.82 Å². The Balaban J connectivity index is 0.000000101. The summed E-state index contributed by atoms with van der Waals surface area (Å²) in [7, 11) is 0. The van der Waals surface area contributed by atoms with Crippen molar-refractivity contribution in [2.75, 3.05) is 0 Å². The molecule has 0 bridgehead atoms. The molecule has 0 spiro atoms. The molecule has 0 saturated carbocycles. The van der Waals surface area contributed by atoms with Crippen LogP contribution in [0.1, 0.15) is 0 Å². The SMILES string of the molecule is c1ccc(-c2cc3c4c5c6c(cccc6ccc5n(-c5ccccc5)c4c2)-c2ccccc2-3)cc1.c1ccc(-c2cc3c4c5c6c(cccc6ccc5n(-c5nc(-c6ccccc6)c6ccccc6n5)c4c2)-c2ccccc2-3)cc1.c1ccc(-c2cc3c4c5c6c(cccc6ccc5n(-c5nc6ccccc6nc5-c5ccccc5)c4c2)-c2ccccc2-3)cc1. The predicted molar refractivity (Wildman–Crippen MR) is 522 cm³/mol. The molecule has 0 saturated heterocycles. The molecule has 28 rings (SSSR count). The number of benzene rings is 20. The molecule has 0 unspecified atom stereocenters. The zero-order valence-corrected chi connectivity index (χ0v) is 67.6. The van der Waals surface area contributed by atoms with E-state index < -0.39 is 0 Å². The van der Waals surface area contributed by atoms with Crippen molar-refractivity contribution in [2.45, 2.75) is 0 Å². The van der Waals surface area contributed by atoms with Crippen molar-refractivity contribution in [1.82, 2.24) is 33.6 Å². The first-order valence-electron chi connectivity index (χ1n) is 42.8. The van der Waals surface area contributed by atoms with Crippen LogP contribution >= 0.6 is 0 Å². The number of hydrogen-bond donors (Lipinski definition) is 0. The van der Waals surface area contributed by atoms with Gasteiger partial charge in [-0.3, -0.25) is 9.13 Å². The van der Waals surface area contributed by atoms with Gasteiger partial charge < -0.3 is 4.57 Å². The van der Waals surface area contributed by atoms with E-state index in [2.05, 4.69) is 414 Å². The highest BCUT2D eigenvalue weighted by Gasteiger charge is 2.32. The molecule has 0 fully saturated rings. The normalized spacial score (nSPS) is 12.0. The maximum Gasteiger partial charge on any atom is 0.235 e. The highest BCUT2D eigenvalue weighted by molar-refractivity contribution is 6.34. The summed E-state index contributed by atoms with van der Waals surface area (Å²) in [5.74, 6) is 1.51. The second kappa shape index (κ2) is 27.9. The molecule has 0 N–H and O–H groups in total. The minimum absolute atomic E-state index is 0.675. The van der Waals surface area contributed by atoms with Crippen LogP contribution in [0.25, 0.3) is 260 Å². The quantitative estimate of drug-likeness (QED) is 0.152. The molecule has 125 heavy (non-hydrogen) atoms. The first-order valence-corrected chi connectivity index (χ1v) is 42.8. The molecular formula is C118H71N7. The van der Waals surface area contributed by atoms with Crippen LogP contribution in [0.5, 0.6) is 0 Å². The summed E-state index contributed by atoms with van der Waals surface area (Å²) in [5.41, 5.74) is 37.2. The number of para-hydroxylation sites is 4. The number of rotatable bonds is 8. The summed E-state index contributed by atoms with van der Waals surface area (Å²) in [6.07, 6.45) is 0. The highest BCUT2D eigenvalue weighted by Crippen LogP contribution is 2.56. The van der Waals surface area contributed by atoms with E-state index in [1.165, 1.54) is 181 Å². The van der Waals surface area contributed by atoms with Crippen molar-refractivity contribution in [3.8, 4) is 140 Å². The van der Waals surface area contributed by atoms with E-state index in [0.29, 0.717) is 5.95 Å². The van der Waals surface area contributed by atoms with Crippen LogP contribution in [-0.4, -0.2) is 33.6 Å². The molecule has 578 valence electrons. The van der Waals surface area contributed by atoms with E-state index >= 15 is 0 Å². The topological polar surface area (TPSA) is 66.3 Å². The van der Waals surface area contributed by atoms with E-state index in [1.807, 2.05) is 30.3 Å². The minimum Gasteiger partial charge on any atom is -0.309 e. The highest BCUT2D eigenvalue weighted by atomic mass is 15.2. The number of hydrogen-bond acceptors (Lipinski definition) is 4. The van der Waals surface area contributed by atoms with Crippen molar-refractivity contribution >= 4 is 120 Å². The third kappa shape index (κ3) is 10.8. The summed E-state index contributed by atoms with van der Waals surface area (Å²) in [6.45, 7) is 0. The maximum absolute atomic E-state index is 5.39. The molecule has 0 aliphatic heterocycles. The van der Waals surface area contributed by atoms with Crippen LogP contribution in [0.3, 0.4) is 0 Å². The van der Waals surface area contributed by atoms with E-state index in [-0.39, 0.29) is 0 Å². The largest absolute Gasteiger partial charge is 0.309 e. The fourth-order valence-corrected chi connectivity index (χ4v) is 20.8. The van der Waals surface area contributed by atoms with Gasteiger partial charge in [-0.2, -0.15) is 0 Å². The molecule has 5 heterocycles. The van der Waals surface area contributed by atoms with Gasteiger partial charge in [-0.05, 0) is 217 Å². The monoisotopic (exact) mass is 1590 g/mol. The van der Waals surface area contributed by atoms with Crippen LogP contribution in [0.15, 0.2) is 431 Å². The Morgan fingerprint density at radius 2 is 0.480 bits per heavy atom. The Bertz CT molecular complexity index is 8820. The first kappa shape index (κ1) is 70.1. The Hall–Kier alpha value is -16.7. The lowest BCUT2D eigenvalue weighted by atomic mass is 9.92. The fraction of sp³-hybridized carbons (Fsp3) is 0. The average molecular weight is 1590 g/mol. The average Bonchev–Trinajstić information content (AvgIpc) is 1.55. The zero-order chi connectivity index (χ0) is 81.9. The Morgan fingerprint density at radius 1 is 0.160 bits per heavy atom. The van der Waals surface area contributed by atoms with Gasteiger partial charge in [0.05, 0.1) is 55.3 Å². The van der Waals surface area contributed by atoms with Crippen molar-refractivity contribution in [3.63, 3.8) is 0 Å². The molecule has 0 atom stereocenters. The number of fused-ring (bicyclic) bond motifs is 11. The van der Waals surface area contributed by atoms with Crippen molar-refractivity contribution in [3.05, 3.63) is 431 Å². The van der Waals surface area contributed by atoms with E-state index in [0.717, 1.165) is 72.3 Å². The molecular weight excluding hydrogens is 1520 g/mol. The van der Waals surface area contributed by atoms with Gasteiger partial charge >= 0.3 is 0 Å². The van der Waals surface area contributed by atoms with Gasteiger partial charge in [-0.15, -0.1) is 0 Å². The summed E-state index contributed by atoms with van der Waals surface area (Å²) in [4.78, 5) is 21.3. The third-order valence-electron chi connectivity index (χ3n) is 26.1.